The van der Waals surface area contributed by atoms with Gasteiger partial charge in [0.05, 0.1) is 25.2 Å². The van der Waals surface area contributed by atoms with Crippen LogP contribution in [0, 0.1) is 17.0 Å². The van der Waals surface area contributed by atoms with Gasteiger partial charge in [0.1, 0.15) is 17.0 Å². The minimum absolute atomic E-state index is 0.0249. The van der Waals surface area contributed by atoms with Crippen LogP contribution in [-0.2, 0) is 0 Å². The topological polar surface area (TPSA) is 120 Å². The van der Waals surface area contributed by atoms with Gasteiger partial charge >= 0.3 is 0 Å². The number of non-ortho nitro benzene ring substituents is 1. The number of fused-ring (bicyclic) bond motifs is 1. The number of nitrogens with zero attached hydrogens (tertiary/aromatic N) is 3. The molecule has 0 bridgehead atoms. The molecule has 32 heavy (non-hydrogen) atoms. The Hall–Kier alpha value is -4.40. The lowest BCUT2D eigenvalue weighted by Crippen LogP contribution is -1.94. The number of methoxy groups -OCH3 is 2. The molecule has 0 fully saturated rings. The summed E-state index contributed by atoms with van der Waals surface area (Å²) in [6.07, 6.45) is 1.31. The second-order valence-corrected chi connectivity index (χ2v) is 6.98. The molecule has 4 aromatic rings. The Kier molecular flexibility index (Phi) is 5.46. The standard InChI is InChI=1S/C23H19N3O6/c1-13-4-6-20-18(8-13)25-23(32-20)14-5-7-19(30-2)17(10-14)24-12-15-9-16(26(28)29)11-21(31-3)22(15)27/h4-12,27H,1-3H3. The molecule has 0 saturated carbocycles. The molecule has 1 heterocycles. The molecule has 0 aliphatic heterocycles. The number of ether oxygens (including phenoxy) is 2. The van der Waals surface area contributed by atoms with Crippen LogP contribution >= 0.6 is 0 Å². The normalized spacial score (nSPS) is 11.2. The highest BCUT2D eigenvalue weighted by Crippen LogP contribution is 2.36. The zero-order valence-electron chi connectivity index (χ0n) is 17.5. The third-order valence-corrected chi connectivity index (χ3v) is 4.83. The van der Waals surface area contributed by atoms with Crippen molar-refractivity contribution in [2.24, 2.45) is 4.99 Å². The fourth-order valence-corrected chi connectivity index (χ4v) is 3.20. The number of aromatic hydroxyl groups is 1. The Balaban J connectivity index is 1.76. The van der Waals surface area contributed by atoms with Gasteiger partial charge in [-0.15, -0.1) is 0 Å². The average molecular weight is 433 g/mol. The van der Waals surface area contributed by atoms with E-state index in [9.17, 15) is 15.2 Å². The molecular formula is C23H19N3O6. The summed E-state index contributed by atoms with van der Waals surface area (Å²) in [5.74, 6) is 0.604. The molecule has 162 valence electrons. The van der Waals surface area contributed by atoms with Crippen LogP contribution in [0.2, 0.25) is 0 Å². The molecule has 0 aliphatic carbocycles. The SMILES string of the molecule is COc1ccc(-c2nc3cc(C)ccc3o2)cc1N=Cc1cc([N+](=O)[O-])cc(OC)c1O. The number of oxazole rings is 1. The Morgan fingerprint density at radius 2 is 1.88 bits per heavy atom. The number of benzene rings is 3. The number of hydrogen-bond donors (Lipinski definition) is 1. The summed E-state index contributed by atoms with van der Waals surface area (Å²) in [6, 6.07) is 13.3. The second kappa shape index (κ2) is 8.38. The monoisotopic (exact) mass is 433 g/mol. The van der Waals surface area contributed by atoms with Crippen LogP contribution in [0.1, 0.15) is 11.1 Å². The maximum atomic E-state index is 11.2. The highest BCUT2D eigenvalue weighted by atomic mass is 16.6. The number of aromatic nitrogens is 1. The summed E-state index contributed by atoms with van der Waals surface area (Å²) >= 11 is 0. The lowest BCUT2D eigenvalue weighted by Gasteiger charge is -2.07. The van der Waals surface area contributed by atoms with Gasteiger partial charge in [-0.25, -0.2) is 4.98 Å². The summed E-state index contributed by atoms with van der Waals surface area (Å²) in [5, 5.41) is 21.5. The van der Waals surface area contributed by atoms with Crippen molar-refractivity contribution >= 4 is 28.7 Å². The van der Waals surface area contributed by atoms with Gasteiger partial charge in [0.25, 0.3) is 5.69 Å². The smallest absolute Gasteiger partial charge is 0.274 e. The van der Waals surface area contributed by atoms with E-state index in [-0.39, 0.29) is 22.7 Å². The van der Waals surface area contributed by atoms with Gasteiger partial charge in [-0.1, -0.05) is 6.07 Å². The molecule has 9 heteroatoms. The van der Waals surface area contributed by atoms with E-state index >= 15 is 0 Å². The lowest BCUT2D eigenvalue weighted by atomic mass is 10.1. The van der Waals surface area contributed by atoms with Crippen molar-refractivity contribution < 1.29 is 23.9 Å². The van der Waals surface area contributed by atoms with E-state index in [1.54, 1.807) is 18.2 Å². The number of phenolic OH excluding ortho intramolecular Hbond substituents is 1. The van der Waals surface area contributed by atoms with Crippen molar-refractivity contribution in [3.63, 3.8) is 0 Å². The Morgan fingerprint density at radius 3 is 2.59 bits per heavy atom. The van der Waals surface area contributed by atoms with E-state index in [2.05, 4.69) is 9.98 Å². The minimum atomic E-state index is -0.574. The fraction of sp³-hybridized carbons (Fsp3) is 0.130. The molecule has 4 rings (SSSR count). The Bertz CT molecular complexity index is 1360. The van der Waals surface area contributed by atoms with Crippen LogP contribution in [0.5, 0.6) is 17.2 Å². The van der Waals surface area contributed by atoms with Crippen molar-refractivity contribution in [1.82, 2.24) is 4.98 Å². The van der Waals surface area contributed by atoms with Gasteiger partial charge in [-0.05, 0) is 42.8 Å². The summed E-state index contributed by atoms with van der Waals surface area (Å²) < 4.78 is 16.3. The Labute approximate surface area is 182 Å². The van der Waals surface area contributed by atoms with Crippen molar-refractivity contribution in [3.8, 4) is 28.7 Å². The van der Waals surface area contributed by atoms with Crippen molar-refractivity contribution in [1.29, 1.82) is 0 Å². The van der Waals surface area contributed by atoms with Gasteiger partial charge in [0, 0.05) is 23.4 Å². The molecule has 0 spiro atoms. The van der Waals surface area contributed by atoms with Crippen molar-refractivity contribution in [2.45, 2.75) is 6.92 Å². The third-order valence-electron chi connectivity index (χ3n) is 4.83. The quantitative estimate of drug-likeness (QED) is 0.252. The van der Waals surface area contributed by atoms with Gasteiger partial charge in [0.2, 0.25) is 5.89 Å². The first-order valence-corrected chi connectivity index (χ1v) is 9.54. The predicted octanol–water partition coefficient (Wildman–Crippen LogP) is 5.18. The molecule has 9 nitrogen and oxygen atoms in total. The summed E-state index contributed by atoms with van der Waals surface area (Å²) in [6.45, 7) is 1.98. The van der Waals surface area contributed by atoms with Gasteiger partial charge in [-0.3, -0.25) is 15.1 Å². The second-order valence-electron chi connectivity index (χ2n) is 6.98. The van der Waals surface area contributed by atoms with Gasteiger partial charge < -0.3 is 19.0 Å². The number of hydrogen-bond acceptors (Lipinski definition) is 8. The first-order chi connectivity index (χ1) is 15.4. The number of phenols is 1. The van der Waals surface area contributed by atoms with Crippen LogP contribution in [0.15, 0.2) is 57.9 Å². The summed E-state index contributed by atoms with van der Waals surface area (Å²) in [5.41, 5.74) is 3.48. The Morgan fingerprint density at radius 1 is 1.09 bits per heavy atom. The largest absolute Gasteiger partial charge is 0.504 e. The number of aliphatic imine (C=N–C) groups is 1. The molecule has 0 aliphatic rings. The molecule has 0 radical (unpaired) electrons. The molecule has 3 aromatic carbocycles. The number of aryl methyl sites for hydroxylation is 1. The van der Waals surface area contributed by atoms with Crippen LogP contribution in [0.3, 0.4) is 0 Å². The van der Waals surface area contributed by atoms with Crippen LogP contribution < -0.4 is 9.47 Å². The molecule has 0 saturated heterocycles. The van der Waals surface area contributed by atoms with Crippen LogP contribution in [0.25, 0.3) is 22.6 Å². The van der Waals surface area contributed by atoms with Crippen LogP contribution in [0.4, 0.5) is 11.4 Å². The van der Waals surface area contributed by atoms with E-state index in [1.807, 2.05) is 25.1 Å². The highest BCUT2D eigenvalue weighted by Gasteiger charge is 2.16. The predicted molar refractivity (Wildman–Crippen MR) is 119 cm³/mol. The third kappa shape index (κ3) is 3.95. The summed E-state index contributed by atoms with van der Waals surface area (Å²) in [7, 11) is 2.82. The van der Waals surface area contributed by atoms with E-state index < -0.39 is 4.92 Å². The maximum absolute atomic E-state index is 11.2. The zero-order valence-corrected chi connectivity index (χ0v) is 17.5. The maximum Gasteiger partial charge on any atom is 0.274 e. The number of nitro groups is 1. The summed E-state index contributed by atoms with van der Waals surface area (Å²) in [4.78, 5) is 19.5. The van der Waals surface area contributed by atoms with E-state index in [0.29, 0.717) is 28.5 Å². The molecule has 0 amide bonds. The van der Waals surface area contributed by atoms with E-state index in [1.165, 1.54) is 26.5 Å². The van der Waals surface area contributed by atoms with E-state index in [0.717, 1.165) is 17.1 Å². The van der Waals surface area contributed by atoms with Gasteiger partial charge in [-0.2, -0.15) is 0 Å². The van der Waals surface area contributed by atoms with Crippen molar-refractivity contribution in [3.05, 3.63) is 69.8 Å². The number of rotatable bonds is 6. The molecular weight excluding hydrogens is 414 g/mol. The fourth-order valence-electron chi connectivity index (χ4n) is 3.20. The van der Waals surface area contributed by atoms with Gasteiger partial charge in [0.15, 0.2) is 17.1 Å². The highest BCUT2D eigenvalue weighted by molar-refractivity contribution is 5.89. The first-order valence-electron chi connectivity index (χ1n) is 9.54. The zero-order chi connectivity index (χ0) is 22.8. The number of nitro benzene ring substituents is 1. The first kappa shape index (κ1) is 20.9. The van der Waals surface area contributed by atoms with Crippen LogP contribution in [-0.4, -0.2) is 35.4 Å². The average Bonchev–Trinajstić information content (AvgIpc) is 3.21. The minimum Gasteiger partial charge on any atom is -0.504 e. The molecule has 1 aromatic heterocycles. The molecule has 0 unspecified atom stereocenters. The molecule has 1 N–H and O–H groups in total. The van der Waals surface area contributed by atoms with E-state index in [4.69, 9.17) is 13.9 Å². The molecule has 0 atom stereocenters. The lowest BCUT2D eigenvalue weighted by molar-refractivity contribution is -0.385. The van der Waals surface area contributed by atoms with Crippen molar-refractivity contribution in [2.75, 3.05) is 14.2 Å².